The minimum absolute atomic E-state index is 0.150. The van der Waals surface area contributed by atoms with Gasteiger partial charge in [-0.25, -0.2) is 12.8 Å². The van der Waals surface area contributed by atoms with Gasteiger partial charge in [-0.05, 0) is 23.3 Å². The lowest BCUT2D eigenvalue weighted by molar-refractivity contribution is 0.416. The van der Waals surface area contributed by atoms with Crippen LogP contribution in [0.4, 0.5) is 4.39 Å². The van der Waals surface area contributed by atoms with Crippen molar-refractivity contribution in [3.05, 3.63) is 75.5 Å². The topological polar surface area (TPSA) is 87.2 Å². The quantitative estimate of drug-likeness (QED) is 0.425. The summed E-state index contributed by atoms with van der Waals surface area (Å²) in [6.07, 6.45) is 0. The highest BCUT2D eigenvalue weighted by Crippen LogP contribution is 2.34. The van der Waals surface area contributed by atoms with E-state index in [0.717, 1.165) is 22.5 Å². The summed E-state index contributed by atoms with van der Waals surface area (Å²) in [6.45, 7) is 0.713. The Morgan fingerprint density at radius 3 is 2.65 bits per heavy atom. The van der Waals surface area contributed by atoms with Crippen LogP contribution in [0.1, 0.15) is 16.8 Å². The van der Waals surface area contributed by atoms with Crippen molar-refractivity contribution in [1.82, 2.24) is 9.78 Å². The molecule has 0 aliphatic rings. The van der Waals surface area contributed by atoms with Gasteiger partial charge >= 0.3 is 0 Å². The van der Waals surface area contributed by atoms with Gasteiger partial charge in [0.1, 0.15) is 21.5 Å². The summed E-state index contributed by atoms with van der Waals surface area (Å²) >= 11 is 6.90. The molecular weight excluding hydrogens is 461 g/mol. The molecule has 0 amide bonds. The van der Waals surface area contributed by atoms with E-state index in [1.165, 1.54) is 31.4 Å². The number of hydrogen-bond donors (Lipinski definition) is 1. The Bertz CT molecular complexity index is 1370. The van der Waals surface area contributed by atoms with Crippen LogP contribution in [0.2, 0.25) is 4.34 Å². The molecule has 0 saturated heterocycles. The van der Waals surface area contributed by atoms with Crippen LogP contribution in [0.3, 0.4) is 0 Å². The van der Waals surface area contributed by atoms with Crippen molar-refractivity contribution in [2.45, 2.75) is 23.1 Å². The van der Waals surface area contributed by atoms with Crippen molar-refractivity contribution in [2.75, 3.05) is 7.11 Å². The standard InChI is InChI=1S/C21H19ClFN3O3S2/c1-29-18-9-15(23)8-17-21(18)16(12-31(27,28)20-6-5-19(22)30-20)25-26(17)11-14-4-2-3-13(7-14)10-24/h2-9H,10-12,24H2,1H3. The maximum absolute atomic E-state index is 14.3. The lowest BCUT2D eigenvalue weighted by Gasteiger charge is -2.07. The summed E-state index contributed by atoms with van der Waals surface area (Å²) in [5.41, 5.74) is 8.33. The number of methoxy groups -OCH3 is 1. The lowest BCUT2D eigenvalue weighted by atomic mass is 10.1. The number of sulfone groups is 1. The van der Waals surface area contributed by atoms with Gasteiger partial charge in [-0.3, -0.25) is 4.68 Å². The van der Waals surface area contributed by atoms with Crippen LogP contribution >= 0.6 is 22.9 Å². The SMILES string of the molecule is COc1cc(F)cc2c1c(CS(=O)(=O)c1ccc(Cl)s1)nn2Cc1cccc(CN)c1. The van der Waals surface area contributed by atoms with Crippen LogP contribution in [-0.2, 0) is 28.7 Å². The zero-order valence-corrected chi connectivity index (χ0v) is 18.9. The van der Waals surface area contributed by atoms with Crippen LogP contribution in [0, 0.1) is 5.82 Å². The van der Waals surface area contributed by atoms with Gasteiger partial charge in [0.25, 0.3) is 0 Å². The average molecular weight is 480 g/mol. The summed E-state index contributed by atoms with van der Waals surface area (Å²) < 4.78 is 47.6. The fraction of sp³-hybridized carbons (Fsp3) is 0.190. The van der Waals surface area contributed by atoms with E-state index in [2.05, 4.69) is 5.10 Å². The van der Waals surface area contributed by atoms with Crippen LogP contribution < -0.4 is 10.5 Å². The van der Waals surface area contributed by atoms with Crippen LogP contribution in [0.5, 0.6) is 5.75 Å². The number of thiophene rings is 1. The molecule has 0 aliphatic heterocycles. The highest BCUT2D eigenvalue weighted by atomic mass is 35.5. The Morgan fingerprint density at radius 2 is 1.97 bits per heavy atom. The predicted octanol–water partition coefficient (Wildman–Crippen LogP) is 4.38. The molecule has 10 heteroatoms. The maximum atomic E-state index is 14.3. The predicted molar refractivity (Wildman–Crippen MR) is 120 cm³/mol. The number of ether oxygens (including phenoxy) is 1. The first-order valence-electron chi connectivity index (χ1n) is 9.29. The van der Waals surface area contributed by atoms with Crippen molar-refractivity contribution >= 4 is 43.7 Å². The van der Waals surface area contributed by atoms with E-state index in [0.29, 0.717) is 28.3 Å². The maximum Gasteiger partial charge on any atom is 0.193 e. The van der Waals surface area contributed by atoms with Crippen molar-refractivity contribution in [1.29, 1.82) is 0 Å². The fourth-order valence-electron chi connectivity index (χ4n) is 3.44. The summed E-state index contributed by atoms with van der Waals surface area (Å²) in [5.74, 6) is -0.634. The smallest absolute Gasteiger partial charge is 0.193 e. The molecule has 31 heavy (non-hydrogen) atoms. The molecule has 0 radical (unpaired) electrons. The normalized spacial score (nSPS) is 11.9. The van der Waals surface area contributed by atoms with Crippen LogP contribution in [-0.4, -0.2) is 25.3 Å². The molecule has 2 aromatic carbocycles. The van der Waals surface area contributed by atoms with Crippen molar-refractivity contribution in [2.24, 2.45) is 5.73 Å². The van der Waals surface area contributed by atoms with Gasteiger partial charge in [0.2, 0.25) is 0 Å². The number of aromatic nitrogens is 2. The second-order valence-electron chi connectivity index (χ2n) is 6.95. The van der Waals surface area contributed by atoms with E-state index in [4.69, 9.17) is 22.1 Å². The molecule has 162 valence electrons. The molecule has 0 bridgehead atoms. The summed E-state index contributed by atoms with van der Waals surface area (Å²) in [5, 5.41) is 5.00. The molecule has 4 aromatic rings. The summed E-state index contributed by atoms with van der Waals surface area (Å²) in [6, 6.07) is 13.2. The molecule has 0 unspecified atom stereocenters. The van der Waals surface area contributed by atoms with Gasteiger partial charge in [-0.1, -0.05) is 35.9 Å². The van der Waals surface area contributed by atoms with Gasteiger partial charge < -0.3 is 10.5 Å². The van der Waals surface area contributed by atoms with E-state index >= 15 is 0 Å². The molecule has 6 nitrogen and oxygen atoms in total. The largest absolute Gasteiger partial charge is 0.496 e. The number of fused-ring (bicyclic) bond motifs is 1. The molecule has 0 fully saturated rings. The number of hydrogen-bond acceptors (Lipinski definition) is 6. The lowest BCUT2D eigenvalue weighted by Crippen LogP contribution is -2.07. The molecular formula is C21H19ClFN3O3S2. The van der Waals surface area contributed by atoms with Crippen molar-refractivity contribution in [3.63, 3.8) is 0 Å². The third-order valence-electron chi connectivity index (χ3n) is 4.82. The van der Waals surface area contributed by atoms with Gasteiger partial charge in [-0.15, -0.1) is 11.3 Å². The second-order valence-corrected chi connectivity index (χ2v) is 10.9. The van der Waals surface area contributed by atoms with E-state index < -0.39 is 15.7 Å². The molecule has 0 saturated carbocycles. The Morgan fingerprint density at radius 1 is 1.19 bits per heavy atom. The Balaban J connectivity index is 1.83. The second kappa shape index (κ2) is 8.58. The van der Waals surface area contributed by atoms with E-state index in [1.807, 2.05) is 24.3 Å². The number of rotatable bonds is 7. The monoisotopic (exact) mass is 479 g/mol. The first-order chi connectivity index (χ1) is 14.8. The molecule has 4 rings (SSSR count). The minimum atomic E-state index is -3.70. The fourth-order valence-corrected chi connectivity index (χ4v) is 6.29. The van der Waals surface area contributed by atoms with Gasteiger partial charge in [0.05, 0.1) is 34.6 Å². The molecule has 0 atom stereocenters. The molecule has 2 aromatic heterocycles. The molecule has 2 N–H and O–H groups in total. The van der Waals surface area contributed by atoms with Crippen LogP contribution in [0.15, 0.2) is 52.7 Å². The zero-order chi connectivity index (χ0) is 22.2. The molecule has 2 heterocycles. The Hall–Kier alpha value is -2.46. The number of nitrogens with zero attached hydrogens (tertiary/aromatic N) is 2. The van der Waals surface area contributed by atoms with Crippen molar-refractivity contribution in [3.8, 4) is 5.75 Å². The van der Waals surface area contributed by atoms with Gasteiger partial charge in [0, 0.05) is 18.7 Å². The first kappa shape index (κ1) is 21.8. The van der Waals surface area contributed by atoms with Gasteiger partial charge in [0.15, 0.2) is 9.84 Å². The minimum Gasteiger partial charge on any atom is -0.496 e. The molecule has 0 spiro atoms. The average Bonchev–Trinajstić information content (AvgIpc) is 3.32. The van der Waals surface area contributed by atoms with Gasteiger partial charge in [-0.2, -0.15) is 5.10 Å². The van der Waals surface area contributed by atoms with E-state index in [-0.39, 0.29) is 21.4 Å². The number of benzene rings is 2. The summed E-state index contributed by atoms with van der Waals surface area (Å²) in [7, 11) is -2.29. The zero-order valence-electron chi connectivity index (χ0n) is 16.5. The highest BCUT2D eigenvalue weighted by Gasteiger charge is 2.24. The molecule has 0 aliphatic carbocycles. The third-order valence-corrected chi connectivity index (χ3v) is 8.26. The third kappa shape index (κ3) is 4.45. The number of nitrogens with two attached hydrogens (primary N) is 1. The summed E-state index contributed by atoms with van der Waals surface area (Å²) in [4.78, 5) is 0. The highest BCUT2D eigenvalue weighted by molar-refractivity contribution is 7.92. The van der Waals surface area contributed by atoms with Crippen LogP contribution in [0.25, 0.3) is 10.9 Å². The first-order valence-corrected chi connectivity index (χ1v) is 12.1. The Kier molecular flexibility index (Phi) is 6.02. The van der Waals surface area contributed by atoms with E-state index in [9.17, 15) is 12.8 Å². The van der Waals surface area contributed by atoms with E-state index in [1.54, 1.807) is 4.68 Å². The van der Waals surface area contributed by atoms with Crippen molar-refractivity contribution < 1.29 is 17.5 Å². The number of halogens is 2. The Labute approximate surface area is 187 Å².